The fourth-order valence-electron chi connectivity index (χ4n) is 0.529. The predicted octanol–water partition coefficient (Wildman–Crippen LogP) is 1.92. The zero-order valence-electron chi connectivity index (χ0n) is 7.90. The van der Waals surface area contributed by atoms with Crippen molar-refractivity contribution >= 4 is 14.5 Å². The highest BCUT2D eigenvalue weighted by Gasteiger charge is 2.00. The van der Waals surface area contributed by atoms with Gasteiger partial charge in [-0.05, 0) is 5.92 Å². The molecule has 6 heteroatoms. The maximum Gasteiger partial charge on any atom is 0.319 e. The average molecular weight is 209 g/mol. The van der Waals surface area contributed by atoms with Crippen molar-refractivity contribution in [1.29, 1.82) is 0 Å². The van der Waals surface area contributed by atoms with Gasteiger partial charge < -0.3 is 14.3 Å². The second kappa shape index (κ2) is 8.23. The molecule has 13 heavy (non-hydrogen) atoms. The summed E-state index contributed by atoms with van der Waals surface area (Å²) < 4.78 is 20.7. The molecule has 0 radical (unpaired) electrons. The molecular formula is C7H16NO4P. The summed E-state index contributed by atoms with van der Waals surface area (Å²) in [7, 11) is -2.36. The highest BCUT2D eigenvalue weighted by atomic mass is 31.1. The molecule has 1 N–H and O–H groups in total. The number of hydrogen-bond acceptors (Lipinski definition) is 5. The van der Waals surface area contributed by atoms with E-state index in [2.05, 4.69) is 5.16 Å². The van der Waals surface area contributed by atoms with E-state index < -0.39 is 8.25 Å². The van der Waals surface area contributed by atoms with Gasteiger partial charge in [-0.15, -0.1) is 5.16 Å². The fraction of sp³-hybridized carbons (Fsp3) is 0.857. The van der Waals surface area contributed by atoms with Gasteiger partial charge in [0.2, 0.25) is 0 Å². The van der Waals surface area contributed by atoms with Gasteiger partial charge >= 0.3 is 8.25 Å². The lowest BCUT2D eigenvalue weighted by atomic mass is 10.2. The molecule has 0 aromatic rings. The Kier molecular flexibility index (Phi) is 7.99. The number of hydrogen-bond donors (Lipinski definition) is 1. The van der Waals surface area contributed by atoms with E-state index in [0.717, 1.165) is 0 Å². The molecule has 0 aromatic carbocycles. The average Bonchev–Trinajstić information content (AvgIpc) is 2.09. The van der Waals surface area contributed by atoms with Crippen LogP contribution in [-0.2, 0) is 13.6 Å². The van der Waals surface area contributed by atoms with Crippen LogP contribution in [0.1, 0.15) is 20.3 Å². The van der Waals surface area contributed by atoms with Gasteiger partial charge in [0.1, 0.15) is 0 Å². The summed E-state index contributed by atoms with van der Waals surface area (Å²) in [5.74, 6) is 0.344. The van der Waals surface area contributed by atoms with E-state index in [4.69, 9.17) is 14.3 Å². The molecule has 0 saturated heterocycles. The Morgan fingerprint density at radius 3 is 2.77 bits per heavy atom. The highest BCUT2D eigenvalue weighted by molar-refractivity contribution is 7.33. The van der Waals surface area contributed by atoms with Crippen LogP contribution in [0.3, 0.4) is 0 Å². The molecule has 1 unspecified atom stereocenters. The van der Waals surface area contributed by atoms with E-state index in [1.165, 1.54) is 6.21 Å². The first-order valence-electron chi connectivity index (χ1n) is 4.12. The molecule has 0 heterocycles. The summed E-state index contributed by atoms with van der Waals surface area (Å²) in [5, 5.41) is 10.8. The van der Waals surface area contributed by atoms with Gasteiger partial charge in [-0.2, -0.15) is 0 Å². The van der Waals surface area contributed by atoms with Gasteiger partial charge in [0, 0.05) is 12.6 Å². The quantitative estimate of drug-likeness (QED) is 0.228. The smallest absolute Gasteiger partial charge is 0.319 e. The third kappa shape index (κ3) is 9.53. The predicted molar refractivity (Wildman–Crippen MR) is 50.6 cm³/mol. The van der Waals surface area contributed by atoms with Crippen LogP contribution in [0.25, 0.3) is 0 Å². The SMILES string of the molecule is CC(C)CO[PH](=O)OCCC=NO. The molecule has 0 amide bonds. The third-order valence-corrected chi connectivity index (χ3v) is 1.93. The minimum absolute atomic E-state index is 0.250. The Morgan fingerprint density at radius 1 is 1.54 bits per heavy atom. The first-order valence-corrected chi connectivity index (χ1v) is 5.34. The van der Waals surface area contributed by atoms with Gasteiger partial charge in [-0.25, -0.2) is 0 Å². The van der Waals surface area contributed by atoms with Crippen molar-refractivity contribution in [3.63, 3.8) is 0 Å². The first kappa shape index (κ1) is 12.6. The van der Waals surface area contributed by atoms with Gasteiger partial charge in [0.25, 0.3) is 0 Å². The van der Waals surface area contributed by atoms with Crippen molar-refractivity contribution in [1.82, 2.24) is 0 Å². The number of rotatable bonds is 7. The minimum atomic E-state index is -2.36. The molecule has 0 aliphatic rings. The number of nitrogens with zero attached hydrogens (tertiary/aromatic N) is 1. The molecule has 0 spiro atoms. The van der Waals surface area contributed by atoms with Gasteiger partial charge in [0.15, 0.2) is 0 Å². The normalized spacial score (nSPS) is 14.1. The summed E-state index contributed by atoms with van der Waals surface area (Å²) in [5.41, 5.74) is 0. The molecule has 0 aliphatic carbocycles. The molecule has 0 bridgehead atoms. The summed E-state index contributed by atoms with van der Waals surface area (Å²) in [4.78, 5) is 0. The van der Waals surface area contributed by atoms with Crippen LogP contribution in [0, 0.1) is 5.92 Å². The second-order valence-corrected chi connectivity index (χ2v) is 3.97. The van der Waals surface area contributed by atoms with Crippen LogP contribution >= 0.6 is 8.25 Å². The minimum Gasteiger partial charge on any atom is -0.411 e. The lowest BCUT2D eigenvalue weighted by Crippen LogP contribution is -1.97. The van der Waals surface area contributed by atoms with E-state index in [1.807, 2.05) is 13.8 Å². The van der Waals surface area contributed by atoms with E-state index in [-0.39, 0.29) is 6.61 Å². The largest absolute Gasteiger partial charge is 0.411 e. The maximum absolute atomic E-state index is 10.9. The second-order valence-electron chi connectivity index (χ2n) is 2.89. The maximum atomic E-state index is 10.9. The molecule has 78 valence electrons. The standard InChI is InChI=1S/C7H16NO4P/c1-7(2)6-12-13(10)11-5-3-4-8-9/h4,7,9,13H,3,5-6H2,1-2H3. The van der Waals surface area contributed by atoms with Crippen LogP contribution < -0.4 is 0 Å². The molecule has 5 nitrogen and oxygen atoms in total. The Bertz CT molecular complexity index is 172. The van der Waals surface area contributed by atoms with E-state index in [9.17, 15) is 4.57 Å². The van der Waals surface area contributed by atoms with Crippen molar-refractivity contribution in [3.8, 4) is 0 Å². The lowest BCUT2D eigenvalue weighted by Gasteiger charge is -2.06. The summed E-state index contributed by atoms with van der Waals surface area (Å²) in [6, 6.07) is 0. The molecular weight excluding hydrogens is 193 g/mol. The molecule has 0 rings (SSSR count). The Hall–Kier alpha value is -0.380. The lowest BCUT2D eigenvalue weighted by molar-refractivity contribution is 0.210. The van der Waals surface area contributed by atoms with Gasteiger partial charge in [-0.3, -0.25) is 4.57 Å². The number of oxime groups is 1. The summed E-state index contributed by atoms with van der Waals surface area (Å²) in [6.45, 7) is 4.62. The summed E-state index contributed by atoms with van der Waals surface area (Å²) in [6.07, 6.45) is 1.70. The van der Waals surface area contributed by atoms with Crippen LogP contribution in [-0.4, -0.2) is 24.6 Å². The summed E-state index contributed by atoms with van der Waals surface area (Å²) >= 11 is 0. The van der Waals surface area contributed by atoms with E-state index >= 15 is 0 Å². The fourth-order valence-corrected chi connectivity index (χ4v) is 1.37. The zero-order valence-corrected chi connectivity index (χ0v) is 8.90. The molecule has 1 atom stereocenters. The first-order chi connectivity index (χ1) is 6.16. The topological polar surface area (TPSA) is 68.1 Å². The van der Waals surface area contributed by atoms with Crippen LogP contribution in [0.5, 0.6) is 0 Å². The van der Waals surface area contributed by atoms with Crippen molar-refractivity contribution in [2.75, 3.05) is 13.2 Å². The highest BCUT2D eigenvalue weighted by Crippen LogP contribution is 2.24. The van der Waals surface area contributed by atoms with Crippen molar-refractivity contribution < 1.29 is 18.8 Å². The van der Waals surface area contributed by atoms with Gasteiger partial charge in [0.05, 0.1) is 13.2 Å². The van der Waals surface area contributed by atoms with E-state index in [0.29, 0.717) is 18.9 Å². The zero-order chi connectivity index (χ0) is 10.1. The van der Waals surface area contributed by atoms with E-state index in [1.54, 1.807) is 0 Å². The van der Waals surface area contributed by atoms with Gasteiger partial charge in [-0.1, -0.05) is 13.8 Å². The Labute approximate surface area is 78.7 Å². The molecule has 0 saturated carbocycles. The van der Waals surface area contributed by atoms with Crippen LogP contribution in [0.4, 0.5) is 0 Å². The van der Waals surface area contributed by atoms with Crippen LogP contribution in [0.2, 0.25) is 0 Å². The third-order valence-electron chi connectivity index (χ3n) is 1.08. The van der Waals surface area contributed by atoms with Crippen LogP contribution in [0.15, 0.2) is 5.16 Å². The Balaban J connectivity index is 3.30. The Morgan fingerprint density at radius 2 is 2.23 bits per heavy atom. The monoisotopic (exact) mass is 209 g/mol. The van der Waals surface area contributed by atoms with Crippen molar-refractivity contribution in [2.45, 2.75) is 20.3 Å². The molecule has 0 fully saturated rings. The van der Waals surface area contributed by atoms with Crippen molar-refractivity contribution in [2.24, 2.45) is 11.1 Å². The van der Waals surface area contributed by atoms with Crippen molar-refractivity contribution in [3.05, 3.63) is 0 Å². The molecule has 0 aromatic heterocycles. The molecule has 0 aliphatic heterocycles.